The number of hydrogen-bond donors (Lipinski definition) is 2. The van der Waals surface area contributed by atoms with Crippen molar-refractivity contribution in [1.82, 2.24) is 10.2 Å². The number of rotatable bonds is 6. The number of para-hydroxylation sites is 2. The van der Waals surface area contributed by atoms with E-state index in [0.29, 0.717) is 29.1 Å². The topological polar surface area (TPSA) is 70.7 Å². The van der Waals surface area contributed by atoms with Crippen LogP contribution < -0.4 is 15.4 Å². The average Bonchev–Trinajstić information content (AvgIpc) is 2.79. The van der Waals surface area contributed by atoms with Gasteiger partial charge in [-0.25, -0.2) is 0 Å². The largest absolute Gasteiger partial charge is 0.496 e. The van der Waals surface area contributed by atoms with Crippen LogP contribution in [0.1, 0.15) is 26.3 Å². The number of amides is 2. The van der Waals surface area contributed by atoms with E-state index in [0.717, 1.165) is 5.56 Å². The van der Waals surface area contributed by atoms with Gasteiger partial charge in [0.15, 0.2) is 5.11 Å². The molecule has 0 aliphatic carbocycles. The zero-order valence-electron chi connectivity index (χ0n) is 17.3. The average molecular weight is 434 g/mol. The highest BCUT2D eigenvalue weighted by molar-refractivity contribution is 7.80. The monoisotopic (exact) mass is 433 g/mol. The van der Waals surface area contributed by atoms with Crippen LogP contribution >= 0.6 is 12.2 Å². The van der Waals surface area contributed by atoms with Crippen LogP contribution in [0.4, 0.5) is 5.69 Å². The van der Waals surface area contributed by atoms with E-state index in [1.165, 1.54) is 7.11 Å². The van der Waals surface area contributed by atoms with Crippen molar-refractivity contribution in [3.63, 3.8) is 0 Å². The van der Waals surface area contributed by atoms with Gasteiger partial charge in [0.1, 0.15) is 5.75 Å². The Balaban J connectivity index is 1.70. The highest BCUT2D eigenvalue weighted by Gasteiger charge is 2.18. The highest BCUT2D eigenvalue weighted by Crippen LogP contribution is 2.19. The molecule has 0 fully saturated rings. The van der Waals surface area contributed by atoms with E-state index in [-0.39, 0.29) is 11.0 Å². The maximum absolute atomic E-state index is 13.0. The van der Waals surface area contributed by atoms with Crippen LogP contribution in [-0.4, -0.2) is 36.0 Å². The molecular weight excluding hydrogens is 410 g/mol. The summed E-state index contributed by atoms with van der Waals surface area (Å²) in [6.07, 6.45) is 0. The molecule has 3 rings (SSSR count). The quantitative estimate of drug-likeness (QED) is 0.573. The molecule has 6 nitrogen and oxygen atoms in total. The van der Waals surface area contributed by atoms with Gasteiger partial charge in [0.2, 0.25) is 0 Å². The summed E-state index contributed by atoms with van der Waals surface area (Å²) in [6, 6.07) is 23.6. The normalized spacial score (nSPS) is 10.1. The number of thiocarbonyl (C=S) groups is 1. The first kappa shape index (κ1) is 22.0. The maximum Gasteiger partial charge on any atom is 0.261 e. The van der Waals surface area contributed by atoms with Gasteiger partial charge in [-0.05, 0) is 42.0 Å². The van der Waals surface area contributed by atoms with Crippen molar-refractivity contribution in [1.29, 1.82) is 0 Å². The third kappa shape index (κ3) is 5.67. The standard InChI is InChI=1S/C24H23N3O3S/c1-27(16-17-10-4-3-5-11-17)23(29)18-12-6-8-14-20(18)25-24(31)26-22(28)19-13-7-9-15-21(19)30-2/h3-15H,16H2,1-2H3,(H2,25,26,28,31). The second-order valence-corrected chi connectivity index (χ2v) is 7.21. The summed E-state index contributed by atoms with van der Waals surface area (Å²) in [7, 11) is 3.24. The Bertz CT molecular complexity index is 1090. The highest BCUT2D eigenvalue weighted by atomic mass is 32.1. The van der Waals surface area contributed by atoms with Gasteiger partial charge in [0, 0.05) is 13.6 Å². The summed E-state index contributed by atoms with van der Waals surface area (Å²) in [5.74, 6) is -0.119. The van der Waals surface area contributed by atoms with Crippen LogP contribution in [0.3, 0.4) is 0 Å². The number of methoxy groups -OCH3 is 1. The predicted octanol–water partition coefficient (Wildman–Crippen LogP) is 4.09. The lowest BCUT2D eigenvalue weighted by atomic mass is 10.1. The van der Waals surface area contributed by atoms with Crippen molar-refractivity contribution in [3.05, 3.63) is 95.6 Å². The van der Waals surface area contributed by atoms with Gasteiger partial charge in [-0.3, -0.25) is 14.9 Å². The lowest BCUT2D eigenvalue weighted by Crippen LogP contribution is -2.35. The van der Waals surface area contributed by atoms with E-state index >= 15 is 0 Å². The molecule has 0 aliphatic heterocycles. The van der Waals surface area contributed by atoms with Crippen molar-refractivity contribution in [3.8, 4) is 5.75 Å². The fourth-order valence-electron chi connectivity index (χ4n) is 3.07. The molecule has 0 radical (unpaired) electrons. The second kappa shape index (κ2) is 10.4. The van der Waals surface area contributed by atoms with E-state index in [9.17, 15) is 9.59 Å². The first-order valence-corrected chi connectivity index (χ1v) is 10.0. The molecule has 31 heavy (non-hydrogen) atoms. The summed E-state index contributed by atoms with van der Waals surface area (Å²) in [4.78, 5) is 27.2. The van der Waals surface area contributed by atoms with Gasteiger partial charge in [0.05, 0.1) is 23.9 Å². The minimum atomic E-state index is -0.403. The lowest BCUT2D eigenvalue weighted by Gasteiger charge is -2.20. The summed E-state index contributed by atoms with van der Waals surface area (Å²) in [6.45, 7) is 0.475. The molecule has 0 spiro atoms. The molecule has 0 aliphatic rings. The zero-order chi connectivity index (χ0) is 22.2. The van der Waals surface area contributed by atoms with Crippen LogP contribution in [0.25, 0.3) is 0 Å². The Kier molecular flexibility index (Phi) is 7.35. The van der Waals surface area contributed by atoms with Gasteiger partial charge in [-0.15, -0.1) is 0 Å². The van der Waals surface area contributed by atoms with Gasteiger partial charge in [0.25, 0.3) is 11.8 Å². The number of nitrogens with zero attached hydrogens (tertiary/aromatic N) is 1. The molecule has 0 aromatic heterocycles. The number of ether oxygens (including phenoxy) is 1. The van der Waals surface area contributed by atoms with Crippen molar-refractivity contribution < 1.29 is 14.3 Å². The van der Waals surface area contributed by atoms with Crippen molar-refractivity contribution in [2.24, 2.45) is 0 Å². The fourth-order valence-corrected chi connectivity index (χ4v) is 3.27. The molecule has 0 unspecified atom stereocenters. The van der Waals surface area contributed by atoms with Crippen LogP contribution in [0.2, 0.25) is 0 Å². The van der Waals surface area contributed by atoms with Crippen LogP contribution in [0.5, 0.6) is 5.75 Å². The number of nitrogens with one attached hydrogen (secondary N) is 2. The molecule has 0 saturated heterocycles. The number of carbonyl (C=O) groups is 2. The molecule has 3 aromatic rings. The molecule has 3 aromatic carbocycles. The minimum absolute atomic E-state index is 0.0851. The van der Waals surface area contributed by atoms with E-state index in [1.807, 2.05) is 30.3 Å². The van der Waals surface area contributed by atoms with Crippen molar-refractivity contribution >= 4 is 34.8 Å². The third-order valence-corrected chi connectivity index (χ3v) is 4.80. The Morgan fingerprint density at radius 2 is 1.52 bits per heavy atom. The zero-order valence-corrected chi connectivity index (χ0v) is 18.1. The molecule has 2 N–H and O–H groups in total. The van der Waals surface area contributed by atoms with E-state index in [1.54, 1.807) is 60.5 Å². The van der Waals surface area contributed by atoms with Crippen LogP contribution in [0.15, 0.2) is 78.9 Å². The molecule has 0 bridgehead atoms. The first-order valence-electron chi connectivity index (χ1n) is 9.63. The van der Waals surface area contributed by atoms with E-state index < -0.39 is 5.91 Å². The molecule has 7 heteroatoms. The molecule has 0 atom stereocenters. The third-order valence-electron chi connectivity index (χ3n) is 4.59. The number of carbonyl (C=O) groups excluding carboxylic acids is 2. The number of benzene rings is 3. The maximum atomic E-state index is 13.0. The predicted molar refractivity (Wildman–Crippen MR) is 125 cm³/mol. The van der Waals surface area contributed by atoms with Crippen molar-refractivity contribution in [2.45, 2.75) is 6.54 Å². The van der Waals surface area contributed by atoms with Crippen LogP contribution in [-0.2, 0) is 6.54 Å². The minimum Gasteiger partial charge on any atom is -0.496 e. The smallest absolute Gasteiger partial charge is 0.261 e. The Labute approximate surface area is 186 Å². The van der Waals surface area contributed by atoms with Gasteiger partial charge in [-0.1, -0.05) is 54.6 Å². The summed E-state index contributed by atoms with van der Waals surface area (Å²) in [5, 5.41) is 5.68. The van der Waals surface area contributed by atoms with Crippen LogP contribution in [0, 0.1) is 0 Å². The molecule has 158 valence electrons. The first-order chi connectivity index (χ1) is 15.0. The Morgan fingerprint density at radius 1 is 0.903 bits per heavy atom. The summed E-state index contributed by atoms with van der Waals surface area (Å²) < 4.78 is 5.22. The Morgan fingerprint density at radius 3 is 2.23 bits per heavy atom. The van der Waals surface area contributed by atoms with Gasteiger partial charge < -0.3 is 15.0 Å². The SMILES string of the molecule is COc1ccccc1C(=O)NC(=S)Nc1ccccc1C(=O)N(C)Cc1ccccc1. The molecule has 2 amide bonds. The number of hydrogen-bond acceptors (Lipinski definition) is 4. The molecule has 0 heterocycles. The number of anilines is 1. The van der Waals surface area contributed by atoms with E-state index in [4.69, 9.17) is 17.0 Å². The summed E-state index contributed by atoms with van der Waals surface area (Å²) in [5.41, 5.74) is 2.36. The fraction of sp³-hybridized carbons (Fsp3) is 0.125. The lowest BCUT2D eigenvalue weighted by molar-refractivity contribution is 0.0786. The molecular formula is C24H23N3O3S. The van der Waals surface area contributed by atoms with Gasteiger partial charge in [-0.2, -0.15) is 0 Å². The van der Waals surface area contributed by atoms with Crippen molar-refractivity contribution in [2.75, 3.05) is 19.5 Å². The van der Waals surface area contributed by atoms with E-state index in [2.05, 4.69) is 10.6 Å². The second-order valence-electron chi connectivity index (χ2n) is 6.80. The summed E-state index contributed by atoms with van der Waals surface area (Å²) >= 11 is 5.30. The van der Waals surface area contributed by atoms with Gasteiger partial charge >= 0.3 is 0 Å². The molecule has 0 saturated carbocycles. The Hall–Kier alpha value is -3.71.